The highest BCUT2D eigenvalue weighted by atomic mass is 32.2. The Morgan fingerprint density at radius 2 is 1.75 bits per heavy atom. The Morgan fingerprint density at radius 3 is 2.25 bits per heavy atom. The maximum Gasteiger partial charge on any atom is 0.417 e. The van der Waals surface area contributed by atoms with E-state index in [0.29, 0.717) is 11.8 Å². The van der Waals surface area contributed by atoms with Gasteiger partial charge < -0.3 is 5.32 Å². The molecule has 0 radical (unpaired) electrons. The van der Waals surface area contributed by atoms with E-state index in [1.54, 1.807) is 0 Å². The smallest absolute Gasteiger partial charge is 0.325 e. The number of nitrogens with zero attached hydrogens (tertiary/aromatic N) is 2. The van der Waals surface area contributed by atoms with Crippen LogP contribution in [-0.4, -0.2) is 16.6 Å². The monoisotopic (exact) mass is 419 g/mol. The fourth-order valence-electron chi connectivity index (χ4n) is 2.15. The Morgan fingerprint density at radius 1 is 1.14 bits per heavy atom. The summed E-state index contributed by atoms with van der Waals surface area (Å²) in [5.41, 5.74) is -2.61. The van der Waals surface area contributed by atoms with Crippen LogP contribution in [0.1, 0.15) is 22.4 Å². The first-order valence-corrected chi connectivity index (χ1v) is 8.49. The number of pyridine rings is 1. The highest BCUT2D eigenvalue weighted by Crippen LogP contribution is 2.36. The Balaban J connectivity index is 2.11. The van der Waals surface area contributed by atoms with Gasteiger partial charge in [0.05, 0.1) is 22.4 Å². The number of aromatic nitrogens is 1. The van der Waals surface area contributed by atoms with Gasteiger partial charge in [-0.25, -0.2) is 4.98 Å². The van der Waals surface area contributed by atoms with Gasteiger partial charge in [0, 0.05) is 11.4 Å². The molecule has 0 unspecified atom stereocenters. The number of carbonyl (C=O) groups excluding carboxylic acids is 1. The molecule has 11 heteroatoms. The Kier molecular flexibility index (Phi) is 6.23. The van der Waals surface area contributed by atoms with Gasteiger partial charge in [0.1, 0.15) is 11.1 Å². The molecule has 148 valence electrons. The number of carbonyl (C=O) groups is 1. The second kappa shape index (κ2) is 8.10. The highest BCUT2D eigenvalue weighted by molar-refractivity contribution is 8.00. The second-order valence-corrected chi connectivity index (χ2v) is 6.48. The van der Waals surface area contributed by atoms with Crippen LogP contribution < -0.4 is 5.32 Å². The third kappa shape index (κ3) is 5.39. The third-order valence-corrected chi connectivity index (χ3v) is 4.34. The molecule has 1 aromatic carbocycles. The molecule has 1 N–H and O–H groups in total. The van der Waals surface area contributed by atoms with Gasteiger partial charge in [-0.1, -0.05) is 11.8 Å². The van der Waals surface area contributed by atoms with E-state index >= 15 is 0 Å². The van der Waals surface area contributed by atoms with Crippen molar-refractivity contribution in [2.24, 2.45) is 0 Å². The molecule has 0 spiro atoms. The molecular weight excluding hydrogens is 408 g/mol. The quantitative estimate of drug-likeness (QED) is 0.558. The van der Waals surface area contributed by atoms with Gasteiger partial charge in [-0.15, -0.1) is 0 Å². The number of benzene rings is 1. The highest BCUT2D eigenvalue weighted by Gasteiger charge is 2.35. The van der Waals surface area contributed by atoms with Crippen molar-refractivity contribution in [2.45, 2.75) is 24.3 Å². The van der Waals surface area contributed by atoms with Crippen molar-refractivity contribution < 1.29 is 31.1 Å². The summed E-state index contributed by atoms with van der Waals surface area (Å²) in [4.78, 5) is 15.8. The van der Waals surface area contributed by atoms with Crippen LogP contribution in [0.2, 0.25) is 0 Å². The predicted octanol–water partition coefficient (Wildman–Crippen LogP) is 5.03. The Bertz CT molecular complexity index is 917. The minimum absolute atomic E-state index is 0.0250. The van der Waals surface area contributed by atoms with Gasteiger partial charge in [-0.2, -0.15) is 31.6 Å². The summed E-state index contributed by atoms with van der Waals surface area (Å²) in [5, 5.41) is 11.1. The van der Waals surface area contributed by atoms with Crippen molar-refractivity contribution in [2.75, 3.05) is 11.1 Å². The van der Waals surface area contributed by atoms with Gasteiger partial charge in [0.15, 0.2) is 0 Å². The Hall–Kier alpha value is -2.74. The van der Waals surface area contributed by atoms with E-state index in [4.69, 9.17) is 5.26 Å². The molecule has 1 aromatic heterocycles. The molecule has 2 rings (SSSR count). The topological polar surface area (TPSA) is 65.8 Å². The van der Waals surface area contributed by atoms with E-state index in [1.165, 1.54) is 13.0 Å². The van der Waals surface area contributed by atoms with Crippen LogP contribution in [0.25, 0.3) is 0 Å². The first-order chi connectivity index (χ1) is 12.9. The number of aryl methyl sites for hydroxylation is 1. The molecule has 4 nitrogen and oxygen atoms in total. The average molecular weight is 419 g/mol. The predicted molar refractivity (Wildman–Crippen MR) is 89.5 cm³/mol. The molecular formula is C17H11F6N3OS. The lowest BCUT2D eigenvalue weighted by Gasteiger charge is -2.13. The molecule has 1 amide bonds. The van der Waals surface area contributed by atoms with Crippen LogP contribution in [0.15, 0.2) is 35.4 Å². The van der Waals surface area contributed by atoms with Gasteiger partial charge in [0.2, 0.25) is 5.91 Å². The third-order valence-electron chi connectivity index (χ3n) is 3.37. The number of thioether (sulfide) groups is 1. The summed E-state index contributed by atoms with van der Waals surface area (Å²) in [6.45, 7) is 1.32. The minimum atomic E-state index is -4.75. The van der Waals surface area contributed by atoms with E-state index in [1.807, 2.05) is 0 Å². The molecule has 0 saturated heterocycles. The molecule has 0 saturated carbocycles. The van der Waals surface area contributed by atoms with E-state index in [0.717, 1.165) is 30.3 Å². The molecule has 28 heavy (non-hydrogen) atoms. The number of halogens is 6. The van der Waals surface area contributed by atoms with E-state index in [2.05, 4.69) is 10.3 Å². The number of rotatable bonds is 4. The van der Waals surface area contributed by atoms with Gasteiger partial charge >= 0.3 is 12.4 Å². The molecule has 0 aliphatic carbocycles. The van der Waals surface area contributed by atoms with Crippen LogP contribution in [0, 0.1) is 18.3 Å². The molecule has 0 fully saturated rings. The zero-order valence-corrected chi connectivity index (χ0v) is 14.9. The fourth-order valence-corrected chi connectivity index (χ4v) is 3.00. The maximum atomic E-state index is 13.1. The summed E-state index contributed by atoms with van der Waals surface area (Å²) >= 11 is 0.625. The van der Waals surface area contributed by atoms with Crippen molar-refractivity contribution in [1.29, 1.82) is 5.26 Å². The largest absolute Gasteiger partial charge is 0.417 e. The standard InChI is InChI=1S/C17H11F6N3OS/c1-9-6-13(17(21,22)23)12(7-24)15(25-9)28-8-14(27)26-11-4-2-10(3-5-11)16(18,19)20/h2-6H,8H2,1H3,(H,26,27). The lowest BCUT2D eigenvalue weighted by Crippen LogP contribution is -2.15. The van der Waals surface area contributed by atoms with Gasteiger partial charge in [0.25, 0.3) is 0 Å². The van der Waals surface area contributed by atoms with Crippen LogP contribution >= 0.6 is 11.8 Å². The van der Waals surface area contributed by atoms with Crippen LogP contribution in [0.3, 0.4) is 0 Å². The van der Waals surface area contributed by atoms with Crippen molar-refractivity contribution >= 4 is 23.4 Å². The van der Waals surface area contributed by atoms with Crippen LogP contribution in [0.5, 0.6) is 0 Å². The zero-order valence-electron chi connectivity index (χ0n) is 14.1. The molecule has 0 aliphatic heterocycles. The number of alkyl halides is 6. The number of hydrogen-bond acceptors (Lipinski definition) is 4. The summed E-state index contributed by atoms with van der Waals surface area (Å²) in [5.74, 6) is -1.06. The van der Waals surface area contributed by atoms with Crippen LogP contribution in [-0.2, 0) is 17.1 Å². The molecule has 1 heterocycles. The Labute approximate surface area is 159 Å². The van der Waals surface area contributed by atoms with Crippen molar-refractivity contribution in [1.82, 2.24) is 4.98 Å². The lowest BCUT2D eigenvalue weighted by atomic mass is 10.1. The zero-order chi connectivity index (χ0) is 21.1. The van der Waals surface area contributed by atoms with Gasteiger partial charge in [-0.05, 0) is 37.3 Å². The average Bonchev–Trinajstić information content (AvgIpc) is 2.58. The summed E-state index contributed by atoms with van der Waals surface area (Å²) < 4.78 is 76.7. The minimum Gasteiger partial charge on any atom is -0.325 e. The first kappa shape index (κ1) is 21.6. The first-order valence-electron chi connectivity index (χ1n) is 7.50. The van der Waals surface area contributed by atoms with Crippen LogP contribution in [0.4, 0.5) is 32.0 Å². The summed E-state index contributed by atoms with van der Waals surface area (Å²) in [7, 11) is 0. The number of amides is 1. The number of hydrogen-bond donors (Lipinski definition) is 1. The normalized spacial score (nSPS) is 11.8. The van der Waals surface area contributed by atoms with Crippen molar-refractivity contribution in [3.05, 3.63) is 52.7 Å². The molecule has 0 aliphatic rings. The van der Waals surface area contributed by atoms with Crippen molar-refractivity contribution in [3.8, 4) is 6.07 Å². The SMILES string of the molecule is Cc1cc(C(F)(F)F)c(C#N)c(SCC(=O)Nc2ccc(C(F)(F)F)cc2)n1. The molecule has 0 atom stereocenters. The summed E-state index contributed by atoms with van der Waals surface area (Å²) in [6.07, 6.45) is -9.27. The second-order valence-electron chi connectivity index (χ2n) is 5.51. The van der Waals surface area contributed by atoms with Gasteiger partial charge in [-0.3, -0.25) is 4.79 Å². The fraction of sp³-hybridized carbons (Fsp3) is 0.235. The summed E-state index contributed by atoms with van der Waals surface area (Å²) in [6, 6.07) is 5.87. The lowest BCUT2D eigenvalue weighted by molar-refractivity contribution is -0.138. The van der Waals surface area contributed by atoms with E-state index in [-0.39, 0.29) is 22.2 Å². The van der Waals surface area contributed by atoms with E-state index < -0.39 is 35.0 Å². The maximum absolute atomic E-state index is 13.1. The van der Waals surface area contributed by atoms with E-state index in [9.17, 15) is 31.1 Å². The number of nitrogens with one attached hydrogen (secondary N) is 1. The number of nitriles is 1. The number of anilines is 1. The molecule has 2 aromatic rings. The molecule has 0 bridgehead atoms. The van der Waals surface area contributed by atoms with Crippen molar-refractivity contribution in [3.63, 3.8) is 0 Å².